The first-order valence-corrected chi connectivity index (χ1v) is 5.50. The number of carbonyl (C=O) groups is 3. The molecule has 5 nitrogen and oxygen atoms in total. The maximum atomic E-state index is 13.5. The van der Waals surface area contributed by atoms with Gasteiger partial charge in [0.1, 0.15) is 29.8 Å². The third-order valence-corrected chi connectivity index (χ3v) is 2.86. The van der Waals surface area contributed by atoms with Crippen molar-refractivity contribution in [1.29, 1.82) is 0 Å². The van der Waals surface area contributed by atoms with Gasteiger partial charge in [-0.3, -0.25) is 19.7 Å². The Morgan fingerprint density at radius 2 is 1.89 bits per heavy atom. The second-order valence-corrected chi connectivity index (χ2v) is 4.12. The number of amides is 3. The van der Waals surface area contributed by atoms with E-state index in [1.807, 2.05) is 5.32 Å². The van der Waals surface area contributed by atoms with Crippen LogP contribution in [0.1, 0.15) is 17.3 Å². The standard InChI is InChI=1S/C12H10F2N2O3/c1-6-11(18)15-9(17)5-16(6)12(19)10-7(13)3-2-4-8(10)14/h2-4,6H,5H2,1H3,(H,15,17,18). The minimum absolute atomic E-state index is 0.417. The fraction of sp³-hybridized carbons (Fsp3) is 0.250. The summed E-state index contributed by atoms with van der Waals surface area (Å²) in [6.07, 6.45) is 0. The second kappa shape index (κ2) is 4.75. The number of piperazine rings is 1. The normalized spacial score (nSPS) is 19.3. The molecule has 1 atom stereocenters. The molecule has 0 spiro atoms. The number of nitrogens with zero attached hydrogens (tertiary/aromatic N) is 1. The molecule has 0 bridgehead atoms. The van der Waals surface area contributed by atoms with Crippen molar-refractivity contribution in [3.63, 3.8) is 0 Å². The Morgan fingerprint density at radius 1 is 1.32 bits per heavy atom. The molecule has 0 saturated carbocycles. The van der Waals surface area contributed by atoms with Gasteiger partial charge in [-0.05, 0) is 19.1 Å². The van der Waals surface area contributed by atoms with E-state index in [4.69, 9.17) is 0 Å². The maximum Gasteiger partial charge on any atom is 0.260 e. The number of carbonyl (C=O) groups excluding carboxylic acids is 3. The van der Waals surface area contributed by atoms with Gasteiger partial charge in [-0.25, -0.2) is 8.78 Å². The van der Waals surface area contributed by atoms with Crippen molar-refractivity contribution in [3.05, 3.63) is 35.4 Å². The molecule has 3 amide bonds. The number of hydrogen-bond donors (Lipinski definition) is 1. The number of benzene rings is 1. The average Bonchev–Trinajstić information content (AvgIpc) is 2.33. The van der Waals surface area contributed by atoms with Crippen molar-refractivity contribution in [3.8, 4) is 0 Å². The van der Waals surface area contributed by atoms with Crippen LogP contribution in [-0.2, 0) is 9.59 Å². The highest BCUT2D eigenvalue weighted by Crippen LogP contribution is 2.17. The van der Waals surface area contributed by atoms with Crippen molar-refractivity contribution in [2.24, 2.45) is 0 Å². The largest absolute Gasteiger partial charge is 0.317 e. The SMILES string of the molecule is CC1C(=O)NC(=O)CN1C(=O)c1c(F)cccc1F. The van der Waals surface area contributed by atoms with E-state index >= 15 is 0 Å². The minimum Gasteiger partial charge on any atom is -0.317 e. The van der Waals surface area contributed by atoms with Gasteiger partial charge < -0.3 is 4.90 Å². The molecule has 1 heterocycles. The lowest BCUT2D eigenvalue weighted by Crippen LogP contribution is -2.58. The van der Waals surface area contributed by atoms with Gasteiger partial charge in [0.15, 0.2) is 0 Å². The van der Waals surface area contributed by atoms with Crippen molar-refractivity contribution in [2.45, 2.75) is 13.0 Å². The van der Waals surface area contributed by atoms with E-state index < -0.39 is 47.5 Å². The van der Waals surface area contributed by atoms with Gasteiger partial charge in [0.2, 0.25) is 11.8 Å². The van der Waals surface area contributed by atoms with Crippen LogP contribution >= 0.6 is 0 Å². The third kappa shape index (κ3) is 2.31. The highest BCUT2D eigenvalue weighted by Gasteiger charge is 2.35. The minimum atomic E-state index is -1.03. The molecule has 1 N–H and O–H groups in total. The molecule has 1 fully saturated rings. The lowest BCUT2D eigenvalue weighted by atomic mass is 10.1. The molecule has 1 saturated heterocycles. The number of halogens is 2. The molecule has 1 aromatic rings. The van der Waals surface area contributed by atoms with E-state index in [1.54, 1.807) is 0 Å². The summed E-state index contributed by atoms with van der Waals surface area (Å²) in [4.78, 5) is 35.5. The van der Waals surface area contributed by atoms with Crippen molar-refractivity contribution in [1.82, 2.24) is 10.2 Å². The van der Waals surface area contributed by atoms with Crippen molar-refractivity contribution in [2.75, 3.05) is 6.54 Å². The lowest BCUT2D eigenvalue weighted by Gasteiger charge is -2.31. The number of hydrogen-bond acceptors (Lipinski definition) is 3. The van der Waals surface area contributed by atoms with Gasteiger partial charge in [-0.15, -0.1) is 0 Å². The van der Waals surface area contributed by atoms with Gasteiger partial charge in [-0.1, -0.05) is 6.07 Å². The van der Waals surface area contributed by atoms with Crippen LogP contribution in [0.25, 0.3) is 0 Å². The quantitative estimate of drug-likeness (QED) is 0.752. The first-order valence-electron chi connectivity index (χ1n) is 5.50. The predicted molar refractivity (Wildman–Crippen MR) is 60.0 cm³/mol. The second-order valence-electron chi connectivity index (χ2n) is 4.12. The van der Waals surface area contributed by atoms with Crippen LogP contribution in [0, 0.1) is 11.6 Å². The summed E-state index contributed by atoms with van der Waals surface area (Å²) in [5.41, 5.74) is -0.767. The highest BCUT2D eigenvalue weighted by molar-refractivity contribution is 6.07. The van der Waals surface area contributed by atoms with Crippen LogP contribution in [0.4, 0.5) is 8.78 Å². The number of nitrogens with one attached hydrogen (secondary N) is 1. The Hall–Kier alpha value is -2.31. The van der Waals surface area contributed by atoms with Gasteiger partial charge in [0, 0.05) is 0 Å². The van der Waals surface area contributed by atoms with Crippen LogP contribution < -0.4 is 5.32 Å². The third-order valence-electron chi connectivity index (χ3n) is 2.86. The molecule has 0 aliphatic carbocycles. The number of imide groups is 1. The van der Waals surface area contributed by atoms with Crippen molar-refractivity contribution >= 4 is 17.7 Å². The van der Waals surface area contributed by atoms with Gasteiger partial charge in [-0.2, -0.15) is 0 Å². The monoisotopic (exact) mass is 268 g/mol. The Bertz CT molecular complexity index is 554. The number of rotatable bonds is 1. The molecule has 100 valence electrons. The molecule has 0 radical (unpaired) electrons. The lowest BCUT2D eigenvalue weighted by molar-refractivity contribution is -0.138. The Balaban J connectivity index is 2.38. The molecular weight excluding hydrogens is 258 g/mol. The molecule has 1 aliphatic rings. The molecule has 1 aromatic carbocycles. The fourth-order valence-corrected chi connectivity index (χ4v) is 1.81. The molecule has 0 aromatic heterocycles. The van der Waals surface area contributed by atoms with Gasteiger partial charge in [0.25, 0.3) is 5.91 Å². The van der Waals surface area contributed by atoms with Gasteiger partial charge >= 0.3 is 0 Å². The van der Waals surface area contributed by atoms with E-state index in [9.17, 15) is 23.2 Å². The predicted octanol–water partition coefficient (Wildman–Crippen LogP) is 0.452. The topological polar surface area (TPSA) is 66.5 Å². The molecule has 1 aliphatic heterocycles. The van der Waals surface area contributed by atoms with E-state index in [0.717, 1.165) is 23.1 Å². The summed E-state index contributed by atoms with van der Waals surface area (Å²) < 4.78 is 27.0. The van der Waals surface area contributed by atoms with E-state index in [-0.39, 0.29) is 0 Å². The summed E-state index contributed by atoms with van der Waals surface area (Å²) in [6.45, 7) is 0.956. The Morgan fingerprint density at radius 3 is 2.47 bits per heavy atom. The summed E-state index contributed by atoms with van der Waals surface area (Å²) in [5.74, 6) is -4.45. The van der Waals surface area contributed by atoms with Crippen LogP contribution in [0.3, 0.4) is 0 Å². The summed E-state index contributed by atoms with van der Waals surface area (Å²) in [7, 11) is 0. The van der Waals surface area contributed by atoms with Crippen LogP contribution in [0.15, 0.2) is 18.2 Å². The molecule has 7 heteroatoms. The summed E-state index contributed by atoms with van der Waals surface area (Å²) >= 11 is 0. The fourth-order valence-electron chi connectivity index (χ4n) is 1.81. The zero-order chi connectivity index (χ0) is 14.2. The van der Waals surface area contributed by atoms with E-state index in [2.05, 4.69) is 0 Å². The van der Waals surface area contributed by atoms with E-state index in [1.165, 1.54) is 6.92 Å². The molecule has 1 unspecified atom stereocenters. The zero-order valence-corrected chi connectivity index (χ0v) is 9.94. The first-order chi connectivity index (χ1) is 8.91. The molecule has 2 rings (SSSR count). The summed E-state index contributed by atoms with van der Waals surface area (Å²) in [6, 6.07) is 2.03. The van der Waals surface area contributed by atoms with Crippen LogP contribution in [0.5, 0.6) is 0 Å². The Labute approximate surface area is 107 Å². The van der Waals surface area contributed by atoms with Crippen LogP contribution in [0.2, 0.25) is 0 Å². The smallest absolute Gasteiger partial charge is 0.260 e. The molecule has 19 heavy (non-hydrogen) atoms. The first kappa shape index (κ1) is 13.1. The zero-order valence-electron chi connectivity index (χ0n) is 9.94. The van der Waals surface area contributed by atoms with Crippen LogP contribution in [-0.4, -0.2) is 35.2 Å². The average molecular weight is 268 g/mol. The highest BCUT2D eigenvalue weighted by atomic mass is 19.1. The van der Waals surface area contributed by atoms with E-state index in [0.29, 0.717) is 0 Å². The molecular formula is C12H10F2N2O3. The van der Waals surface area contributed by atoms with Gasteiger partial charge in [0.05, 0.1) is 0 Å². The van der Waals surface area contributed by atoms with Crippen molar-refractivity contribution < 1.29 is 23.2 Å². The Kier molecular flexibility index (Phi) is 3.28. The maximum absolute atomic E-state index is 13.5. The summed E-state index contributed by atoms with van der Waals surface area (Å²) in [5, 5.41) is 2.04.